The Morgan fingerprint density at radius 1 is 1.10 bits per heavy atom. The molecule has 0 unspecified atom stereocenters. The average molecular weight is 296 g/mol. The Hall–Kier alpha value is -2.19. The molecule has 0 N–H and O–H groups in total. The van der Waals surface area contributed by atoms with E-state index in [0.29, 0.717) is 17.1 Å². The van der Waals surface area contributed by atoms with E-state index in [2.05, 4.69) is 4.98 Å². The van der Waals surface area contributed by atoms with Crippen molar-refractivity contribution >= 4 is 28.3 Å². The van der Waals surface area contributed by atoms with E-state index in [1.165, 1.54) is 0 Å². The van der Waals surface area contributed by atoms with Gasteiger partial charge in [0.25, 0.3) is 0 Å². The fraction of sp³-hybridized carbons (Fsp3) is 0.111. The summed E-state index contributed by atoms with van der Waals surface area (Å²) >= 11 is 5.95. The Balaban J connectivity index is 1.94. The number of ketones is 1. The van der Waals surface area contributed by atoms with Crippen LogP contribution in [0.1, 0.15) is 21.6 Å². The second-order valence-corrected chi connectivity index (χ2v) is 5.51. The molecule has 0 aliphatic heterocycles. The maximum atomic E-state index is 12.4. The fourth-order valence-electron chi connectivity index (χ4n) is 2.42. The van der Waals surface area contributed by atoms with Gasteiger partial charge in [0.05, 0.1) is 5.52 Å². The van der Waals surface area contributed by atoms with Gasteiger partial charge < -0.3 is 0 Å². The maximum absolute atomic E-state index is 12.4. The minimum atomic E-state index is 0.00567. The van der Waals surface area contributed by atoms with E-state index < -0.39 is 0 Å². The highest BCUT2D eigenvalue weighted by Gasteiger charge is 2.11. The van der Waals surface area contributed by atoms with E-state index in [1.807, 2.05) is 55.5 Å². The third-order valence-electron chi connectivity index (χ3n) is 3.46. The van der Waals surface area contributed by atoms with Crippen molar-refractivity contribution in [1.29, 1.82) is 0 Å². The largest absolute Gasteiger partial charge is 0.292 e. The topological polar surface area (TPSA) is 30.0 Å². The van der Waals surface area contributed by atoms with Gasteiger partial charge in [0, 0.05) is 16.8 Å². The molecule has 104 valence electrons. The Morgan fingerprint density at radius 2 is 1.90 bits per heavy atom. The van der Waals surface area contributed by atoms with E-state index in [1.54, 1.807) is 6.07 Å². The second kappa shape index (κ2) is 5.66. The van der Waals surface area contributed by atoms with Crippen LogP contribution in [0.2, 0.25) is 5.02 Å². The summed E-state index contributed by atoms with van der Waals surface area (Å²) in [5, 5.41) is 1.72. The monoisotopic (exact) mass is 295 g/mol. The Labute approximate surface area is 128 Å². The van der Waals surface area contributed by atoms with Gasteiger partial charge in [-0.3, -0.25) is 4.79 Å². The van der Waals surface area contributed by atoms with Crippen LogP contribution in [0.15, 0.2) is 54.6 Å². The van der Waals surface area contributed by atoms with Gasteiger partial charge in [0.1, 0.15) is 5.69 Å². The molecule has 0 atom stereocenters. The zero-order valence-electron chi connectivity index (χ0n) is 11.6. The molecular weight excluding hydrogens is 282 g/mol. The number of carbonyl (C=O) groups excluding carboxylic acids is 1. The van der Waals surface area contributed by atoms with Crippen molar-refractivity contribution in [1.82, 2.24) is 4.98 Å². The van der Waals surface area contributed by atoms with Crippen molar-refractivity contribution in [3.63, 3.8) is 0 Å². The van der Waals surface area contributed by atoms with Crippen LogP contribution >= 0.6 is 11.6 Å². The Morgan fingerprint density at radius 3 is 2.71 bits per heavy atom. The molecule has 3 rings (SSSR count). The molecule has 3 heteroatoms. The molecule has 0 saturated heterocycles. The van der Waals surface area contributed by atoms with Crippen LogP contribution in [0, 0.1) is 6.92 Å². The fourth-order valence-corrected chi connectivity index (χ4v) is 2.63. The van der Waals surface area contributed by atoms with Crippen LogP contribution in [-0.4, -0.2) is 10.8 Å². The number of hydrogen-bond acceptors (Lipinski definition) is 2. The molecule has 0 saturated carbocycles. The van der Waals surface area contributed by atoms with Crippen molar-refractivity contribution in [3.8, 4) is 0 Å². The van der Waals surface area contributed by atoms with Crippen LogP contribution < -0.4 is 0 Å². The van der Waals surface area contributed by atoms with Crippen LogP contribution in [-0.2, 0) is 6.42 Å². The zero-order valence-corrected chi connectivity index (χ0v) is 12.4. The summed E-state index contributed by atoms with van der Waals surface area (Å²) in [5.74, 6) is 0.00567. The van der Waals surface area contributed by atoms with Gasteiger partial charge >= 0.3 is 0 Å². The van der Waals surface area contributed by atoms with Gasteiger partial charge in [-0.15, -0.1) is 0 Å². The molecule has 3 aromatic rings. The highest BCUT2D eigenvalue weighted by atomic mass is 35.5. The number of rotatable bonds is 3. The highest BCUT2D eigenvalue weighted by molar-refractivity contribution is 6.30. The third kappa shape index (κ3) is 2.96. The number of aromatic nitrogens is 1. The molecule has 2 nitrogen and oxygen atoms in total. The lowest BCUT2D eigenvalue weighted by Crippen LogP contribution is -2.06. The second-order valence-electron chi connectivity index (χ2n) is 5.07. The van der Waals surface area contributed by atoms with Crippen molar-refractivity contribution in [3.05, 3.63) is 76.4 Å². The molecule has 1 heterocycles. The Kier molecular flexibility index (Phi) is 3.72. The van der Waals surface area contributed by atoms with Gasteiger partial charge in [0.2, 0.25) is 0 Å². The maximum Gasteiger partial charge on any atom is 0.185 e. The van der Waals surface area contributed by atoms with E-state index in [0.717, 1.165) is 22.0 Å². The Bertz CT molecular complexity index is 826. The molecule has 0 radical (unpaired) electrons. The molecule has 0 fully saturated rings. The van der Waals surface area contributed by atoms with Crippen LogP contribution in [0.4, 0.5) is 0 Å². The highest BCUT2D eigenvalue weighted by Crippen LogP contribution is 2.19. The first-order valence-electron chi connectivity index (χ1n) is 6.77. The lowest BCUT2D eigenvalue weighted by atomic mass is 10.0. The number of hydrogen-bond donors (Lipinski definition) is 0. The number of pyridine rings is 1. The van der Waals surface area contributed by atoms with Crippen molar-refractivity contribution in [2.45, 2.75) is 13.3 Å². The molecule has 1 aromatic heterocycles. The lowest BCUT2D eigenvalue weighted by Gasteiger charge is -2.06. The molecule has 2 aromatic carbocycles. The molecule has 0 bridgehead atoms. The van der Waals surface area contributed by atoms with Gasteiger partial charge in [-0.1, -0.05) is 41.9 Å². The molecule has 0 amide bonds. The standard InChI is InChI=1S/C18H14ClNO/c1-12-9-17(20-16-8-3-2-7-15(12)16)18(21)11-13-5-4-6-14(19)10-13/h2-10H,11H2,1H3. The SMILES string of the molecule is Cc1cc(C(=O)Cc2cccc(Cl)c2)nc2ccccc12. The molecule has 21 heavy (non-hydrogen) atoms. The van der Waals surface area contributed by atoms with Crippen LogP contribution in [0.25, 0.3) is 10.9 Å². The van der Waals surface area contributed by atoms with E-state index in [4.69, 9.17) is 11.6 Å². The minimum absolute atomic E-state index is 0.00567. The first kappa shape index (κ1) is 13.8. The van der Waals surface area contributed by atoms with Gasteiger partial charge in [0.15, 0.2) is 5.78 Å². The summed E-state index contributed by atoms with van der Waals surface area (Å²) in [7, 11) is 0. The molecule has 0 spiro atoms. The van der Waals surface area contributed by atoms with Crippen LogP contribution in [0.5, 0.6) is 0 Å². The molecule has 0 aliphatic rings. The first-order valence-corrected chi connectivity index (χ1v) is 7.15. The number of nitrogens with zero attached hydrogens (tertiary/aromatic N) is 1. The number of carbonyl (C=O) groups is 1. The van der Waals surface area contributed by atoms with Crippen molar-refractivity contribution in [2.75, 3.05) is 0 Å². The molecular formula is C18H14ClNO. The third-order valence-corrected chi connectivity index (χ3v) is 3.70. The van der Waals surface area contributed by atoms with E-state index >= 15 is 0 Å². The van der Waals surface area contributed by atoms with Crippen molar-refractivity contribution < 1.29 is 4.79 Å². The lowest BCUT2D eigenvalue weighted by molar-refractivity contribution is 0.0988. The smallest absolute Gasteiger partial charge is 0.185 e. The first-order chi connectivity index (χ1) is 10.1. The number of aryl methyl sites for hydroxylation is 1. The average Bonchev–Trinajstić information content (AvgIpc) is 2.47. The number of para-hydroxylation sites is 1. The summed E-state index contributed by atoms with van der Waals surface area (Å²) in [6.07, 6.45) is 0.311. The summed E-state index contributed by atoms with van der Waals surface area (Å²) in [6.45, 7) is 2.00. The predicted molar refractivity (Wildman–Crippen MR) is 86.0 cm³/mol. The molecule has 0 aliphatic carbocycles. The number of halogens is 1. The zero-order chi connectivity index (χ0) is 14.8. The number of Topliss-reactive ketones (excluding diaryl/α,β-unsaturated/α-hetero) is 1. The number of benzene rings is 2. The normalized spacial score (nSPS) is 10.8. The van der Waals surface area contributed by atoms with Crippen molar-refractivity contribution in [2.24, 2.45) is 0 Å². The van der Waals surface area contributed by atoms with Gasteiger partial charge in [-0.25, -0.2) is 4.98 Å². The summed E-state index contributed by atoms with van der Waals surface area (Å²) in [6, 6.07) is 17.1. The quantitative estimate of drug-likeness (QED) is 0.660. The summed E-state index contributed by atoms with van der Waals surface area (Å²) in [4.78, 5) is 16.9. The summed E-state index contributed by atoms with van der Waals surface area (Å²) < 4.78 is 0. The van der Waals surface area contributed by atoms with Crippen LogP contribution in [0.3, 0.4) is 0 Å². The van der Waals surface area contributed by atoms with Gasteiger partial charge in [-0.05, 0) is 42.3 Å². The number of fused-ring (bicyclic) bond motifs is 1. The van der Waals surface area contributed by atoms with E-state index in [9.17, 15) is 4.79 Å². The summed E-state index contributed by atoms with van der Waals surface area (Å²) in [5.41, 5.74) is 3.33. The minimum Gasteiger partial charge on any atom is -0.292 e. The predicted octanol–water partition coefficient (Wildman–Crippen LogP) is 4.62. The van der Waals surface area contributed by atoms with Gasteiger partial charge in [-0.2, -0.15) is 0 Å². The van der Waals surface area contributed by atoms with E-state index in [-0.39, 0.29) is 5.78 Å².